The van der Waals surface area contributed by atoms with Gasteiger partial charge in [-0.25, -0.2) is 12.7 Å². The van der Waals surface area contributed by atoms with E-state index in [-0.39, 0.29) is 16.9 Å². The fourth-order valence-corrected chi connectivity index (χ4v) is 6.10. The first kappa shape index (κ1) is 22.9. The summed E-state index contributed by atoms with van der Waals surface area (Å²) >= 11 is 12.6. The maximum absolute atomic E-state index is 12.8. The third kappa shape index (κ3) is 5.37. The normalized spacial score (nSPS) is 21.9. The number of hydrogen-bond donors (Lipinski definition) is 0. The summed E-state index contributed by atoms with van der Waals surface area (Å²) in [7, 11) is -1.94. The van der Waals surface area contributed by atoms with Crippen molar-refractivity contribution in [3.63, 3.8) is 0 Å². The van der Waals surface area contributed by atoms with Gasteiger partial charge < -0.3 is 4.74 Å². The Kier molecular flexibility index (Phi) is 7.14. The predicted octanol–water partition coefficient (Wildman–Crippen LogP) is 5.07. The second-order valence-corrected chi connectivity index (χ2v) is 11.4. The molecule has 0 amide bonds. The van der Waals surface area contributed by atoms with E-state index >= 15 is 0 Å². The molecule has 168 valence electrons. The molecule has 1 saturated carbocycles. The quantitative estimate of drug-likeness (QED) is 0.526. The monoisotopic (exact) mass is 482 g/mol. The highest BCUT2D eigenvalue weighted by atomic mass is 35.5. The molecule has 5 nitrogen and oxygen atoms in total. The van der Waals surface area contributed by atoms with Gasteiger partial charge in [0.1, 0.15) is 5.75 Å². The van der Waals surface area contributed by atoms with Crippen molar-refractivity contribution in [1.29, 1.82) is 0 Å². The summed E-state index contributed by atoms with van der Waals surface area (Å²) in [4.78, 5) is 2.64. The third-order valence-corrected chi connectivity index (χ3v) is 8.63. The molecule has 8 heteroatoms. The lowest BCUT2D eigenvalue weighted by Gasteiger charge is -2.37. The number of ether oxygens (including phenoxy) is 1. The number of rotatable bonds is 8. The Bertz CT molecular complexity index is 1020. The molecule has 2 aliphatic rings. The SMILES string of the molecule is CN(CC1CC(Oc2cccc(CN3CCCC3)c2Cl)C1)S(=O)(=O)c1cccc(Cl)c1. The standard InChI is InChI=1S/C23H28Cl2N2O3S/c1-26(31(28,29)21-8-5-7-19(24)14-21)15-17-12-20(13-17)30-22-9-4-6-18(23(22)25)16-27-10-2-3-11-27/h4-9,14,17,20H,2-3,10-13,15-16H2,1H3. The lowest BCUT2D eigenvalue weighted by molar-refractivity contribution is 0.0575. The Hall–Kier alpha value is -1.31. The first-order valence-corrected chi connectivity index (χ1v) is 12.9. The van der Waals surface area contributed by atoms with Crippen LogP contribution in [0.1, 0.15) is 31.2 Å². The van der Waals surface area contributed by atoms with Crippen LogP contribution in [0.2, 0.25) is 10.0 Å². The summed E-state index contributed by atoms with van der Waals surface area (Å²) in [6, 6.07) is 12.3. The van der Waals surface area contributed by atoms with Gasteiger partial charge in [-0.1, -0.05) is 41.4 Å². The van der Waals surface area contributed by atoms with E-state index in [0.717, 1.165) is 43.8 Å². The topological polar surface area (TPSA) is 49.9 Å². The number of benzene rings is 2. The van der Waals surface area contributed by atoms with Crippen molar-refractivity contribution in [3.05, 3.63) is 58.1 Å². The molecule has 0 aromatic heterocycles. The van der Waals surface area contributed by atoms with Gasteiger partial charge in [-0.15, -0.1) is 0 Å². The maximum atomic E-state index is 12.8. The minimum Gasteiger partial charge on any atom is -0.489 e. The average molecular weight is 483 g/mol. The van der Waals surface area contributed by atoms with Crippen LogP contribution in [0.15, 0.2) is 47.4 Å². The highest BCUT2D eigenvalue weighted by Crippen LogP contribution is 2.37. The summed E-state index contributed by atoms with van der Waals surface area (Å²) in [6.07, 6.45) is 4.17. The number of likely N-dealkylation sites (tertiary alicyclic amines) is 1. The van der Waals surface area contributed by atoms with Crippen LogP contribution in [-0.2, 0) is 16.6 Å². The number of halogens is 2. The number of nitrogens with zero attached hydrogens (tertiary/aromatic N) is 2. The minimum atomic E-state index is -3.55. The molecule has 0 N–H and O–H groups in total. The Morgan fingerprint density at radius 1 is 1.10 bits per heavy atom. The number of hydrogen-bond acceptors (Lipinski definition) is 4. The molecule has 1 saturated heterocycles. The predicted molar refractivity (Wildman–Crippen MR) is 124 cm³/mol. The second-order valence-electron chi connectivity index (χ2n) is 8.53. The Morgan fingerprint density at radius 3 is 2.52 bits per heavy atom. The van der Waals surface area contributed by atoms with E-state index in [1.807, 2.05) is 12.1 Å². The smallest absolute Gasteiger partial charge is 0.242 e. The van der Waals surface area contributed by atoms with Crippen LogP contribution in [-0.4, -0.2) is 50.4 Å². The van der Waals surface area contributed by atoms with Gasteiger partial charge in [-0.3, -0.25) is 4.90 Å². The van der Waals surface area contributed by atoms with Gasteiger partial charge in [0.25, 0.3) is 0 Å². The van der Waals surface area contributed by atoms with Crippen LogP contribution in [0.4, 0.5) is 0 Å². The molecule has 31 heavy (non-hydrogen) atoms. The van der Waals surface area contributed by atoms with Crippen LogP contribution in [0, 0.1) is 5.92 Å². The molecule has 0 spiro atoms. The highest BCUT2D eigenvalue weighted by Gasteiger charge is 2.34. The zero-order chi connectivity index (χ0) is 22.0. The van der Waals surface area contributed by atoms with Crippen molar-refractivity contribution in [1.82, 2.24) is 9.21 Å². The fourth-order valence-electron chi connectivity index (χ4n) is 4.32. The van der Waals surface area contributed by atoms with Crippen molar-refractivity contribution in [2.45, 2.75) is 43.2 Å². The summed E-state index contributed by atoms with van der Waals surface area (Å²) < 4.78 is 33.1. The molecular weight excluding hydrogens is 455 g/mol. The molecule has 2 fully saturated rings. The minimum absolute atomic E-state index is 0.0619. The van der Waals surface area contributed by atoms with E-state index in [2.05, 4.69) is 11.0 Å². The van der Waals surface area contributed by atoms with Crippen LogP contribution >= 0.6 is 23.2 Å². The molecule has 2 aromatic rings. The maximum Gasteiger partial charge on any atom is 0.242 e. The third-order valence-electron chi connectivity index (χ3n) is 6.14. The average Bonchev–Trinajstić information content (AvgIpc) is 3.22. The first-order chi connectivity index (χ1) is 14.8. The molecule has 1 aliphatic heterocycles. The molecule has 0 bridgehead atoms. The van der Waals surface area contributed by atoms with E-state index in [1.54, 1.807) is 25.2 Å². The summed E-state index contributed by atoms with van der Waals surface area (Å²) in [5.74, 6) is 0.984. The van der Waals surface area contributed by atoms with E-state index in [4.69, 9.17) is 27.9 Å². The molecule has 0 radical (unpaired) electrons. The Labute approximate surface area is 194 Å². The molecular formula is C23H28Cl2N2O3S. The van der Waals surface area contributed by atoms with Crippen LogP contribution in [0.3, 0.4) is 0 Å². The van der Waals surface area contributed by atoms with Gasteiger partial charge in [0.05, 0.1) is 16.0 Å². The van der Waals surface area contributed by atoms with Gasteiger partial charge in [0, 0.05) is 25.2 Å². The van der Waals surface area contributed by atoms with Crippen molar-refractivity contribution in [3.8, 4) is 5.75 Å². The van der Waals surface area contributed by atoms with Crippen molar-refractivity contribution >= 4 is 33.2 Å². The van der Waals surface area contributed by atoms with Crippen molar-refractivity contribution in [2.24, 2.45) is 5.92 Å². The largest absolute Gasteiger partial charge is 0.489 e. The number of sulfonamides is 1. The molecule has 0 unspecified atom stereocenters. The molecule has 2 aromatic carbocycles. The molecule has 1 aliphatic carbocycles. The van der Waals surface area contributed by atoms with Gasteiger partial charge in [-0.05, 0) is 74.5 Å². The van der Waals surface area contributed by atoms with E-state index < -0.39 is 10.0 Å². The molecule has 1 heterocycles. The molecule has 4 rings (SSSR count). The Morgan fingerprint density at radius 2 is 1.81 bits per heavy atom. The lowest BCUT2D eigenvalue weighted by atomic mass is 9.82. The van der Waals surface area contributed by atoms with Crippen molar-refractivity contribution in [2.75, 3.05) is 26.7 Å². The van der Waals surface area contributed by atoms with Crippen molar-refractivity contribution < 1.29 is 13.2 Å². The fraction of sp³-hybridized carbons (Fsp3) is 0.478. The summed E-state index contributed by atoms with van der Waals surface area (Å²) in [5, 5.41) is 1.11. The highest BCUT2D eigenvalue weighted by molar-refractivity contribution is 7.89. The van der Waals surface area contributed by atoms with Gasteiger partial charge in [0.15, 0.2) is 0 Å². The van der Waals surface area contributed by atoms with Crippen LogP contribution < -0.4 is 4.74 Å². The summed E-state index contributed by atoms with van der Waals surface area (Å²) in [5.41, 5.74) is 1.10. The van der Waals surface area contributed by atoms with Gasteiger partial charge in [-0.2, -0.15) is 0 Å². The second kappa shape index (κ2) is 9.67. The Balaban J connectivity index is 1.30. The summed E-state index contributed by atoms with van der Waals surface area (Å²) in [6.45, 7) is 3.56. The zero-order valence-electron chi connectivity index (χ0n) is 17.6. The van der Waals surface area contributed by atoms with Gasteiger partial charge in [0.2, 0.25) is 10.0 Å². The zero-order valence-corrected chi connectivity index (χ0v) is 20.0. The van der Waals surface area contributed by atoms with E-state index in [1.165, 1.54) is 23.2 Å². The van der Waals surface area contributed by atoms with E-state index in [0.29, 0.717) is 16.6 Å². The van der Waals surface area contributed by atoms with Crippen LogP contribution in [0.25, 0.3) is 0 Å². The van der Waals surface area contributed by atoms with Crippen LogP contribution in [0.5, 0.6) is 5.75 Å². The van der Waals surface area contributed by atoms with Gasteiger partial charge >= 0.3 is 0 Å². The molecule has 0 atom stereocenters. The lowest BCUT2D eigenvalue weighted by Crippen LogP contribution is -2.41. The van der Waals surface area contributed by atoms with E-state index in [9.17, 15) is 8.42 Å². The first-order valence-electron chi connectivity index (χ1n) is 10.7.